The van der Waals surface area contributed by atoms with Crippen LogP contribution in [0, 0.1) is 0 Å². The maximum atomic E-state index is 3.67. The first-order valence-electron chi connectivity index (χ1n) is 7.15. The van der Waals surface area contributed by atoms with Crippen LogP contribution in [0.5, 0.6) is 0 Å². The Morgan fingerprint density at radius 3 is 2.79 bits per heavy atom. The number of nitrogens with zero attached hydrogens (tertiary/aromatic N) is 1. The summed E-state index contributed by atoms with van der Waals surface area (Å²) in [6.07, 6.45) is 4.05. The van der Waals surface area contributed by atoms with Crippen LogP contribution >= 0.6 is 15.9 Å². The molecular weight excluding hydrogens is 298 g/mol. The molecule has 1 atom stereocenters. The number of halogens is 1. The Kier molecular flexibility index (Phi) is 4.19. The summed E-state index contributed by atoms with van der Waals surface area (Å²) in [5.41, 5.74) is 1.46. The van der Waals surface area contributed by atoms with Crippen LogP contribution in [0.25, 0.3) is 10.8 Å². The second-order valence-corrected chi connectivity index (χ2v) is 6.06. The molecular formula is C17H20BrN. The predicted octanol–water partition coefficient (Wildman–Crippen LogP) is 4.59. The average Bonchev–Trinajstić information content (AvgIpc) is 2.48. The molecule has 2 heteroatoms. The molecule has 0 spiro atoms. The van der Waals surface area contributed by atoms with Gasteiger partial charge in [0.15, 0.2) is 0 Å². The highest BCUT2D eigenvalue weighted by Gasteiger charge is 2.21. The van der Waals surface area contributed by atoms with E-state index in [1.807, 2.05) is 0 Å². The first-order valence-corrected chi connectivity index (χ1v) is 8.27. The lowest BCUT2D eigenvalue weighted by atomic mass is 10.00. The third kappa shape index (κ3) is 2.85. The second-order valence-electron chi connectivity index (χ2n) is 5.41. The smallest absolute Gasteiger partial charge is 0.0243 e. The minimum absolute atomic E-state index is 0.702. The lowest BCUT2D eigenvalue weighted by molar-refractivity contribution is 0.157. The van der Waals surface area contributed by atoms with E-state index in [9.17, 15) is 0 Å². The fourth-order valence-corrected chi connectivity index (χ4v) is 3.83. The number of hydrogen-bond donors (Lipinski definition) is 0. The van der Waals surface area contributed by atoms with Crippen molar-refractivity contribution in [3.05, 3.63) is 48.0 Å². The van der Waals surface area contributed by atoms with Gasteiger partial charge in [-0.2, -0.15) is 0 Å². The van der Waals surface area contributed by atoms with Crippen LogP contribution in [-0.4, -0.2) is 22.8 Å². The first kappa shape index (κ1) is 13.1. The van der Waals surface area contributed by atoms with E-state index in [1.165, 1.54) is 42.1 Å². The molecule has 2 aromatic carbocycles. The van der Waals surface area contributed by atoms with Gasteiger partial charge in [-0.3, -0.25) is 4.90 Å². The van der Waals surface area contributed by atoms with Crippen molar-refractivity contribution < 1.29 is 0 Å². The summed E-state index contributed by atoms with van der Waals surface area (Å²) < 4.78 is 0. The normalized spacial score (nSPS) is 20.8. The molecule has 0 amide bonds. The Morgan fingerprint density at radius 2 is 1.89 bits per heavy atom. The molecule has 1 fully saturated rings. The zero-order chi connectivity index (χ0) is 13.1. The molecule has 1 saturated heterocycles. The van der Waals surface area contributed by atoms with Crippen molar-refractivity contribution >= 4 is 26.7 Å². The minimum atomic E-state index is 0.702. The van der Waals surface area contributed by atoms with Crippen LogP contribution in [-0.2, 0) is 6.54 Å². The summed E-state index contributed by atoms with van der Waals surface area (Å²) in [5, 5.41) is 3.86. The van der Waals surface area contributed by atoms with Crippen molar-refractivity contribution in [3.63, 3.8) is 0 Å². The largest absolute Gasteiger partial charge is 0.295 e. The Balaban J connectivity index is 1.88. The summed E-state index contributed by atoms with van der Waals surface area (Å²) in [6.45, 7) is 2.32. The Morgan fingerprint density at radius 1 is 1.05 bits per heavy atom. The number of hydrogen-bond acceptors (Lipinski definition) is 1. The van der Waals surface area contributed by atoms with Crippen LogP contribution in [0.3, 0.4) is 0 Å². The molecule has 0 radical (unpaired) electrons. The highest BCUT2D eigenvalue weighted by molar-refractivity contribution is 9.09. The third-order valence-electron chi connectivity index (χ3n) is 4.18. The maximum absolute atomic E-state index is 3.67. The van der Waals surface area contributed by atoms with Crippen LogP contribution < -0.4 is 0 Å². The number of piperidine rings is 1. The van der Waals surface area contributed by atoms with Crippen LogP contribution in [0.1, 0.15) is 24.8 Å². The molecule has 0 bridgehead atoms. The number of fused-ring (bicyclic) bond motifs is 1. The standard InChI is InChI=1S/C17H20BrN/c18-12-16-9-3-4-11-19(16)13-15-8-5-7-14-6-1-2-10-17(14)15/h1-2,5-8,10,16H,3-4,9,11-13H2. The van der Waals surface area contributed by atoms with Crippen molar-refractivity contribution in [2.75, 3.05) is 11.9 Å². The highest BCUT2D eigenvalue weighted by Crippen LogP contribution is 2.24. The molecule has 1 unspecified atom stereocenters. The van der Waals surface area contributed by atoms with E-state index in [4.69, 9.17) is 0 Å². The molecule has 1 aliphatic rings. The van der Waals surface area contributed by atoms with Crippen molar-refractivity contribution in [1.29, 1.82) is 0 Å². The summed E-state index contributed by atoms with van der Waals surface area (Å²) in [7, 11) is 0. The van der Waals surface area contributed by atoms with E-state index in [1.54, 1.807) is 0 Å². The van der Waals surface area contributed by atoms with Crippen LogP contribution in [0.15, 0.2) is 42.5 Å². The summed E-state index contributed by atoms with van der Waals surface area (Å²) >= 11 is 3.67. The molecule has 1 heterocycles. The van der Waals surface area contributed by atoms with Gasteiger partial charge in [-0.05, 0) is 35.7 Å². The fraction of sp³-hybridized carbons (Fsp3) is 0.412. The fourth-order valence-electron chi connectivity index (χ4n) is 3.09. The van der Waals surface area contributed by atoms with Gasteiger partial charge in [-0.15, -0.1) is 0 Å². The van der Waals surface area contributed by atoms with Crippen molar-refractivity contribution in [2.45, 2.75) is 31.8 Å². The zero-order valence-electron chi connectivity index (χ0n) is 11.2. The highest BCUT2D eigenvalue weighted by atomic mass is 79.9. The lowest BCUT2D eigenvalue weighted by Gasteiger charge is -2.35. The Bertz CT molecular complexity index is 546. The van der Waals surface area contributed by atoms with E-state index >= 15 is 0 Å². The molecule has 0 N–H and O–H groups in total. The molecule has 19 heavy (non-hydrogen) atoms. The topological polar surface area (TPSA) is 3.24 Å². The average molecular weight is 318 g/mol. The summed E-state index contributed by atoms with van der Waals surface area (Å²) in [5.74, 6) is 0. The van der Waals surface area contributed by atoms with E-state index in [0.29, 0.717) is 6.04 Å². The maximum Gasteiger partial charge on any atom is 0.0243 e. The first-order chi connectivity index (χ1) is 9.38. The Hall–Kier alpha value is -0.860. The molecule has 1 nitrogen and oxygen atoms in total. The van der Waals surface area contributed by atoms with Crippen molar-refractivity contribution in [1.82, 2.24) is 4.90 Å². The lowest BCUT2D eigenvalue weighted by Crippen LogP contribution is -2.39. The van der Waals surface area contributed by atoms with Gasteiger partial charge in [0.25, 0.3) is 0 Å². The van der Waals surface area contributed by atoms with Gasteiger partial charge in [-0.1, -0.05) is 64.8 Å². The Labute approximate surface area is 123 Å². The number of likely N-dealkylation sites (tertiary alicyclic amines) is 1. The molecule has 1 aliphatic heterocycles. The number of alkyl halides is 1. The van der Waals surface area contributed by atoms with E-state index in [-0.39, 0.29) is 0 Å². The predicted molar refractivity (Wildman–Crippen MR) is 85.8 cm³/mol. The van der Waals surface area contributed by atoms with Gasteiger partial charge in [0.05, 0.1) is 0 Å². The molecule has 0 aliphatic carbocycles. The number of rotatable bonds is 3. The third-order valence-corrected chi connectivity index (χ3v) is 4.93. The van der Waals surface area contributed by atoms with Crippen LogP contribution in [0.2, 0.25) is 0 Å². The van der Waals surface area contributed by atoms with Gasteiger partial charge < -0.3 is 0 Å². The molecule has 100 valence electrons. The van der Waals surface area contributed by atoms with Crippen molar-refractivity contribution in [2.24, 2.45) is 0 Å². The van der Waals surface area contributed by atoms with Gasteiger partial charge in [0.2, 0.25) is 0 Å². The summed E-state index contributed by atoms with van der Waals surface area (Å²) in [6, 6.07) is 16.1. The SMILES string of the molecule is BrCC1CCCCN1Cc1cccc2ccccc12. The van der Waals surface area contributed by atoms with Gasteiger partial charge >= 0.3 is 0 Å². The molecule has 0 aromatic heterocycles. The minimum Gasteiger partial charge on any atom is -0.295 e. The van der Waals surface area contributed by atoms with Crippen LogP contribution in [0.4, 0.5) is 0 Å². The quantitative estimate of drug-likeness (QED) is 0.748. The van der Waals surface area contributed by atoms with E-state index in [2.05, 4.69) is 63.3 Å². The van der Waals surface area contributed by atoms with E-state index < -0.39 is 0 Å². The molecule has 3 rings (SSSR count). The van der Waals surface area contributed by atoms with Crippen molar-refractivity contribution in [3.8, 4) is 0 Å². The van der Waals surface area contributed by atoms with E-state index in [0.717, 1.165) is 11.9 Å². The monoisotopic (exact) mass is 317 g/mol. The van der Waals surface area contributed by atoms with Gasteiger partial charge in [0.1, 0.15) is 0 Å². The molecule has 0 saturated carbocycles. The molecule has 2 aromatic rings. The second kappa shape index (κ2) is 6.06. The number of benzene rings is 2. The van der Waals surface area contributed by atoms with Gasteiger partial charge in [-0.25, -0.2) is 0 Å². The zero-order valence-corrected chi connectivity index (χ0v) is 12.8. The van der Waals surface area contributed by atoms with Gasteiger partial charge in [0, 0.05) is 17.9 Å². The summed E-state index contributed by atoms with van der Waals surface area (Å²) in [4.78, 5) is 2.64.